The fraction of sp³-hybridized carbons (Fsp3) is 0.333. The highest BCUT2D eigenvalue weighted by Gasteiger charge is 2.12. The fourth-order valence-electron chi connectivity index (χ4n) is 1.43. The minimum Gasteiger partial charge on any atom is -0.355 e. The van der Waals surface area contributed by atoms with E-state index in [1.54, 1.807) is 0 Å². The Morgan fingerprint density at radius 1 is 1.17 bits per heavy atom. The van der Waals surface area contributed by atoms with Gasteiger partial charge in [0, 0.05) is 24.2 Å². The van der Waals surface area contributed by atoms with Crippen molar-refractivity contribution in [1.82, 2.24) is 5.32 Å². The highest BCUT2D eigenvalue weighted by atomic mass is 19.1. The average Bonchev–Trinajstić information content (AvgIpc) is 2.20. The van der Waals surface area contributed by atoms with Crippen molar-refractivity contribution in [1.29, 1.82) is 0 Å². The number of hydrogen-bond acceptors (Lipinski definition) is 2. The molecule has 1 amide bonds. The third kappa shape index (κ3) is 4.20. The normalized spacial score (nSPS) is 10.2. The van der Waals surface area contributed by atoms with E-state index in [0.29, 0.717) is 12.1 Å². The minimum absolute atomic E-state index is 0.0222. The van der Waals surface area contributed by atoms with Gasteiger partial charge in [-0.25, -0.2) is 13.2 Å². The summed E-state index contributed by atoms with van der Waals surface area (Å²) in [6.45, 7) is 1.24. The number of halogens is 3. The van der Waals surface area contributed by atoms with Crippen LogP contribution in [-0.2, 0) is 16.0 Å². The first-order valence-corrected chi connectivity index (χ1v) is 5.29. The van der Waals surface area contributed by atoms with Gasteiger partial charge in [0.05, 0.1) is 6.42 Å². The summed E-state index contributed by atoms with van der Waals surface area (Å²) in [4.78, 5) is 21.7. The van der Waals surface area contributed by atoms with E-state index in [-0.39, 0.29) is 30.7 Å². The zero-order valence-electron chi connectivity index (χ0n) is 9.73. The molecule has 0 radical (unpaired) electrons. The predicted molar refractivity (Wildman–Crippen MR) is 58.3 cm³/mol. The van der Waals surface area contributed by atoms with E-state index in [1.165, 1.54) is 6.92 Å². The molecule has 98 valence electrons. The van der Waals surface area contributed by atoms with Crippen LogP contribution in [0, 0.1) is 17.5 Å². The van der Waals surface area contributed by atoms with Crippen molar-refractivity contribution >= 4 is 11.7 Å². The molecular formula is C12H12F3NO2. The quantitative estimate of drug-likeness (QED) is 0.819. The van der Waals surface area contributed by atoms with E-state index in [4.69, 9.17) is 0 Å². The Bertz CT molecular complexity index is 451. The standard InChI is InChI=1S/C12H12F3NO2/c1-7(17)4-12(18)16-3-2-9-10(14)5-8(13)6-11(9)15/h5-6H,2-4H2,1H3,(H,16,18). The van der Waals surface area contributed by atoms with Crippen molar-refractivity contribution in [3.63, 3.8) is 0 Å². The summed E-state index contributed by atoms with van der Waals surface area (Å²) in [6, 6.07) is 1.16. The number of carbonyl (C=O) groups is 2. The molecule has 0 fully saturated rings. The van der Waals surface area contributed by atoms with Gasteiger partial charge in [-0.05, 0) is 13.3 Å². The maximum Gasteiger partial charge on any atom is 0.227 e. The van der Waals surface area contributed by atoms with Crippen LogP contribution < -0.4 is 5.32 Å². The lowest BCUT2D eigenvalue weighted by molar-refractivity contribution is -0.127. The predicted octanol–water partition coefficient (Wildman–Crippen LogP) is 1.74. The summed E-state index contributed by atoms with van der Waals surface area (Å²) in [7, 11) is 0. The molecule has 0 heterocycles. The zero-order valence-corrected chi connectivity index (χ0v) is 9.73. The highest BCUT2D eigenvalue weighted by molar-refractivity contribution is 5.96. The van der Waals surface area contributed by atoms with Crippen molar-refractivity contribution in [2.75, 3.05) is 6.54 Å². The number of rotatable bonds is 5. The first-order valence-electron chi connectivity index (χ1n) is 5.29. The Labute approximate surface area is 102 Å². The van der Waals surface area contributed by atoms with Gasteiger partial charge in [0.15, 0.2) is 0 Å². The molecule has 1 aromatic carbocycles. The van der Waals surface area contributed by atoms with Crippen LogP contribution in [0.5, 0.6) is 0 Å². The summed E-state index contributed by atoms with van der Waals surface area (Å²) in [6.07, 6.45) is -0.379. The minimum atomic E-state index is -0.992. The van der Waals surface area contributed by atoms with Gasteiger partial charge in [-0.15, -0.1) is 0 Å². The number of amides is 1. The molecule has 0 saturated heterocycles. The van der Waals surface area contributed by atoms with Crippen LogP contribution in [0.2, 0.25) is 0 Å². The number of Topliss-reactive ketones (excluding diaryl/α,β-unsaturated/α-hetero) is 1. The van der Waals surface area contributed by atoms with Crippen LogP contribution in [-0.4, -0.2) is 18.2 Å². The smallest absolute Gasteiger partial charge is 0.227 e. The van der Waals surface area contributed by atoms with Crippen molar-refractivity contribution in [3.05, 3.63) is 35.1 Å². The van der Waals surface area contributed by atoms with Crippen LogP contribution in [0.4, 0.5) is 13.2 Å². The van der Waals surface area contributed by atoms with Crippen LogP contribution >= 0.6 is 0 Å². The molecule has 0 bridgehead atoms. The monoisotopic (exact) mass is 259 g/mol. The lowest BCUT2D eigenvalue weighted by atomic mass is 10.1. The summed E-state index contributed by atoms with van der Waals surface area (Å²) < 4.78 is 39.0. The Morgan fingerprint density at radius 2 is 1.72 bits per heavy atom. The van der Waals surface area contributed by atoms with Crippen LogP contribution in [0.3, 0.4) is 0 Å². The van der Waals surface area contributed by atoms with Gasteiger partial charge in [0.1, 0.15) is 23.2 Å². The summed E-state index contributed by atoms with van der Waals surface area (Å²) in [5, 5.41) is 2.34. The molecule has 0 unspecified atom stereocenters. The third-order valence-corrected chi connectivity index (χ3v) is 2.21. The molecule has 0 saturated carbocycles. The van der Waals surface area contributed by atoms with Gasteiger partial charge in [-0.2, -0.15) is 0 Å². The second-order valence-electron chi connectivity index (χ2n) is 3.83. The van der Waals surface area contributed by atoms with E-state index in [0.717, 1.165) is 0 Å². The molecule has 1 aromatic rings. The van der Waals surface area contributed by atoms with Crippen molar-refractivity contribution in [3.8, 4) is 0 Å². The molecule has 0 spiro atoms. The Hall–Kier alpha value is -1.85. The largest absolute Gasteiger partial charge is 0.355 e. The fourth-order valence-corrected chi connectivity index (χ4v) is 1.43. The van der Waals surface area contributed by atoms with Crippen molar-refractivity contribution in [2.24, 2.45) is 0 Å². The van der Waals surface area contributed by atoms with Crippen LogP contribution in [0.15, 0.2) is 12.1 Å². The summed E-state index contributed by atoms with van der Waals surface area (Å²) >= 11 is 0. The molecule has 0 atom stereocenters. The molecular weight excluding hydrogens is 247 g/mol. The van der Waals surface area contributed by atoms with Crippen molar-refractivity contribution in [2.45, 2.75) is 19.8 Å². The van der Waals surface area contributed by atoms with Gasteiger partial charge >= 0.3 is 0 Å². The lowest BCUT2D eigenvalue weighted by Gasteiger charge is -2.06. The molecule has 0 aliphatic heterocycles. The number of carbonyl (C=O) groups excluding carboxylic acids is 2. The Balaban J connectivity index is 2.54. The van der Waals surface area contributed by atoms with Gasteiger partial charge < -0.3 is 5.32 Å². The number of hydrogen-bond donors (Lipinski definition) is 1. The number of nitrogens with one attached hydrogen (secondary N) is 1. The summed E-state index contributed by atoms with van der Waals surface area (Å²) in [5.41, 5.74) is -0.292. The molecule has 18 heavy (non-hydrogen) atoms. The van der Waals surface area contributed by atoms with E-state index in [9.17, 15) is 22.8 Å². The highest BCUT2D eigenvalue weighted by Crippen LogP contribution is 2.14. The van der Waals surface area contributed by atoms with E-state index < -0.39 is 23.4 Å². The Kier molecular flexibility index (Phi) is 4.88. The second kappa shape index (κ2) is 6.18. The van der Waals surface area contributed by atoms with Crippen molar-refractivity contribution < 1.29 is 22.8 Å². The average molecular weight is 259 g/mol. The Morgan fingerprint density at radius 3 is 2.22 bits per heavy atom. The van der Waals surface area contributed by atoms with Crippen LogP contribution in [0.25, 0.3) is 0 Å². The maximum atomic E-state index is 13.2. The molecule has 0 aromatic heterocycles. The first-order chi connectivity index (χ1) is 8.40. The number of ketones is 1. The number of benzene rings is 1. The maximum absolute atomic E-state index is 13.2. The molecule has 0 aliphatic rings. The lowest BCUT2D eigenvalue weighted by Crippen LogP contribution is -2.27. The van der Waals surface area contributed by atoms with Gasteiger partial charge in [-0.1, -0.05) is 0 Å². The SMILES string of the molecule is CC(=O)CC(=O)NCCc1c(F)cc(F)cc1F. The third-order valence-electron chi connectivity index (χ3n) is 2.21. The molecule has 6 heteroatoms. The molecule has 1 rings (SSSR count). The summed E-state index contributed by atoms with van der Waals surface area (Å²) in [5.74, 6) is -3.78. The second-order valence-corrected chi connectivity index (χ2v) is 3.83. The van der Waals surface area contributed by atoms with Gasteiger partial charge in [0.25, 0.3) is 0 Å². The molecule has 1 N–H and O–H groups in total. The topological polar surface area (TPSA) is 46.2 Å². The van der Waals surface area contributed by atoms with Gasteiger partial charge in [-0.3, -0.25) is 9.59 Å². The van der Waals surface area contributed by atoms with E-state index in [1.807, 2.05) is 0 Å². The van der Waals surface area contributed by atoms with Crippen LogP contribution in [0.1, 0.15) is 18.9 Å². The first kappa shape index (κ1) is 14.2. The zero-order chi connectivity index (χ0) is 13.7. The van der Waals surface area contributed by atoms with Gasteiger partial charge in [0.2, 0.25) is 5.91 Å². The molecule has 3 nitrogen and oxygen atoms in total. The molecule has 0 aliphatic carbocycles. The van der Waals surface area contributed by atoms with E-state index in [2.05, 4.69) is 5.32 Å². The van der Waals surface area contributed by atoms with E-state index >= 15 is 0 Å².